The van der Waals surface area contributed by atoms with Crippen LogP contribution in [0, 0.1) is 0 Å². The van der Waals surface area contributed by atoms with Gasteiger partial charge in [0.2, 0.25) is 10.0 Å². The van der Waals surface area contributed by atoms with Gasteiger partial charge in [-0.25, -0.2) is 8.42 Å². The molecule has 0 aromatic carbocycles. The third-order valence-corrected chi connectivity index (χ3v) is 5.05. The van der Waals surface area contributed by atoms with E-state index in [2.05, 4.69) is 13.2 Å². The Morgan fingerprint density at radius 1 is 1.35 bits per heavy atom. The Morgan fingerprint density at radius 3 is 2.35 bits per heavy atom. The van der Waals surface area contributed by atoms with Gasteiger partial charge in [-0.15, -0.1) is 24.5 Å². The standard InChI is InChI=1S/C11H16N2O2S2/c1-3-5-13(6-4-2)17(14,15)11-7-10(8-12)16-9-11/h3-4,7,9H,1-2,5-6,8,12H2. The van der Waals surface area contributed by atoms with Gasteiger partial charge in [0, 0.05) is 29.9 Å². The topological polar surface area (TPSA) is 63.4 Å². The molecule has 0 aliphatic rings. The molecule has 0 bridgehead atoms. The minimum Gasteiger partial charge on any atom is -0.326 e. The van der Waals surface area contributed by atoms with Crippen molar-refractivity contribution in [3.8, 4) is 0 Å². The van der Waals surface area contributed by atoms with Crippen LogP contribution in [0.2, 0.25) is 0 Å². The summed E-state index contributed by atoms with van der Waals surface area (Å²) in [6.07, 6.45) is 3.11. The van der Waals surface area contributed by atoms with Crippen molar-refractivity contribution in [2.24, 2.45) is 5.73 Å². The van der Waals surface area contributed by atoms with Gasteiger partial charge in [0.15, 0.2) is 0 Å². The molecular weight excluding hydrogens is 256 g/mol. The average Bonchev–Trinajstić information content (AvgIpc) is 2.78. The summed E-state index contributed by atoms with van der Waals surface area (Å²) in [5.41, 5.74) is 5.47. The molecule has 4 nitrogen and oxygen atoms in total. The summed E-state index contributed by atoms with van der Waals surface area (Å²) in [5, 5.41) is 1.61. The van der Waals surface area contributed by atoms with Gasteiger partial charge >= 0.3 is 0 Å². The van der Waals surface area contributed by atoms with Crippen molar-refractivity contribution in [3.05, 3.63) is 41.6 Å². The molecule has 1 heterocycles. The van der Waals surface area contributed by atoms with E-state index in [0.717, 1.165) is 4.88 Å². The second-order valence-corrected chi connectivity index (χ2v) is 6.29. The summed E-state index contributed by atoms with van der Waals surface area (Å²) in [5.74, 6) is 0. The Morgan fingerprint density at radius 2 is 1.94 bits per heavy atom. The second kappa shape index (κ2) is 6.11. The quantitative estimate of drug-likeness (QED) is 0.766. The van der Waals surface area contributed by atoms with E-state index in [9.17, 15) is 8.42 Å². The number of nitrogens with two attached hydrogens (primary N) is 1. The second-order valence-electron chi connectivity index (χ2n) is 3.35. The molecule has 0 saturated carbocycles. The van der Waals surface area contributed by atoms with Gasteiger partial charge in [-0.1, -0.05) is 12.2 Å². The van der Waals surface area contributed by atoms with Crippen LogP contribution in [0.1, 0.15) is 4.88 Å². The van der Waals surface area contributed by atoms with Crippen molar-refractivity contribution >= 4 is 21.4 Å². The fourth-order valence-corrected chi connectivity index (χ4v) is 3.84. The lowest BCUT2D eigenvalue weighted by Gasteiger charge is -2.17. The number of hydrogen-bond donors (Lipinski definition) is 1. The van der Waals surface area contributed by atoms with Gasteiger partial charge in [-0.3, -0.25) is 0 Å². The van der Waals surface area contributed by atoms with Crippen molar-refractivity contribution in [1.82, 2.24) is 4.31 Å². The van der Waals surface area contributed by atoms with E-state index in [1.54, 1.807) is 23.6 Å². The molecule has 1 aromatic rings. The summed E-state index contributed by atoms with van der Waals surface area (Å²) in [6.45, 7) is 7.99. The minimum absolute atomic E-state index is 0.266. The van der Waals surface area contributed by atoms with Crippen LogP contribution in [-0.4, -0.2) is 25.8 Å². The van der Waals surface area contributed by atoms with Gasteiger partial charge in [0.1, 0.15) is 0 Å². The van der Waals surface area contributed by atoms with E-state index >= 15 is 0 Å². The molecule has 1 aromatic heterocycles. The molecule has 0 spiro atoms. The molecular formula is C11H16N2O2S2. The SMILES string of the molecule is C=CCN(CC=C)S(=O)(=O)c1csc(CN)c1. The zero-order valence-corrected chi connectivity index (χ0v) is 11.1. The molecule has 0 aliphatic carbocycles. The Hall–Kier alpha value is -0.950. The van der Waals surface area contributed by atoms with Crippen LogP contribution >= 0.6 is 11.3 Å². The van der Waals surface area contributed by atoms with E-state index in [1.165, 1.54) is 15.6 Å². The summed E-state index contributed by atoms with van der Waals surface area (Å²) < 4.78 is 25.8. The van der Waals surface area contributed by atoms with Gasteiger partial charge in [-0.05, 0) is 6.07 Å². The minimum atomic E-state index is -3.47. The lowest BCUT2D eigenvalue weighted by Crippen LogP contribution is -2.31. The zero-order valence-electron chi connectivity index (χ0n) is 9.50. The van der Waals surface area contributed by atoms with E-state index in [-0.39, 0.29) is 18.0 Å². The lowest BCUT2D eigenvalue weighted by molar-refractivity contribution is 0.474. The van der Waals surface area contributed by atoms with Crippen LogP contribution in [0.3, 0.4) is 0 Å². The summed E-state index contributed by atoms with van der Waals surface area (Å²) in [6, 6.07) is 1.61. The molecule has 0 amide bonds. The van der Waals surface area contributed by atoms with Crippen LogP contribution in [0.5, 0.6) is 0 Å². The molecule has 0 saturated heterocycles. The molecule has 94 valence electrons. The summed E-state index contributed by atoms with van der Waals surface area (Å²) >= 11 is 1.35. The van der Waals surface area contributed by atoms with Crippen LogP contribution in [0.4, 0.5) is 0 Å². The van der Waals surface area contributed by atoms with Crippen LogP contribution in [-0.2, 0) is 16.6 Å². The first-order valence-electron chi connectivity index (χ1n) is 5.05. The fourth-order valence-electron chi connectivity index (χ4n) is 1.31. The van der Waals surface area contributed by atoms with Gasteiger partial charge < -0.3 is 5.73 Å². The molecule has 0 unspecified atom stereocenters. The smallest absolute Gasteiger partial charge is 0.244 e. The molecule has 2 N–H and O–H groups in total. The predicted molar refractivity (Wildman–Crippen MR) is 71.4 cm³/mol. The highest BCUT2D eigenvalue weighted by Gasteiger charge is 2.23. The number of hydrogen-bond acceptors (Lipinski definition) is 4. The maximum Gasteiger partial charge on any atom is 0.244 e. The third kappa shape index (κ3) is 3.26. The predicted octanol–water partition coefficient (Wildman–Crippen LogP) is 1.57. The highest BCUT2D eigenvalue weighted by molar-refractivity contribution is 7.89. The van der Waals surface area contributed by atoms with Crippen molar-refractivity contribution in [2.45, 2.75) is 11.4 Å². The van der Waals surface area contributed by atoms with Crippen molar-refractivity contribution in [1.29, 1.82) is 0 Å². The molecule has 6 heteroatoms. The number of nitrogens with zero attached hydrogens (tertiary/aromatic N) is 1. The first-order valence-corrected chi connectivity index (χ1v) is 7.37. The Kier molecular flexibility index (Phi) is 5.07. The van der Waals surface area contributed by atoms with Gasteiger partial charge in [-0.2, -0.15) is 4.31 Å². The first kappa shape index (κ1) is 14.1. The first-order chi connectivity index (χ1) is 8.06. The van der Waals surface area contributed by atoms with Crippen LogP contribution in [0.15, 0.2) is 41.7 Å². The molecule has 0 fully saturated rings. The maximum absolute atomic E-state index is 12.2. The van der Waals surface area contributed by atoms with Gasteiger partial charge in [0.05, 0.1) is 4.90 Å². The van der Waals surface area contributed by atoms with E-state index in [4.69, 9.17) is 5.73 Å². The normalized spacial score (nSPS) is 11.6. The number of thiophene rings is 1. The lowest BCUT2D eigenvalue weighted by atomic mass is 10.5. The molecule has 0 radical (unpaired) electrons. The number of sulfonamides is 1. The zero-order chi connectivity index (χ0) is 12.9. The average molecular weight is 272 g/mol. The molecule has 1 rings (SSSR count). The van der Waals surface area contributed by atoms with Crippen molar-refractivity contribution in [2.75, 3.05) is 13.1 Å². The highest BCUT2D eigenvalue weighted by Crippen LogP contribution is 2.22. The monoisotopic (exact) mass is 272 g/mol. The molecule has 0 atom stereocenters. The Bertz CT molecular complexity index is 481. The van der Waals surface area contributed by atoms with E-state index in [1.807, 2.05) is 0 Å². The van der Waals surface area contributed by atoms with Crippen molar-refractivity contribution < 1.29 is 8.42 Å². The Labute approximate surface area is 106 Å². The van der Waals surface area contributed by atoms with Crippen LogP contribution in [0.25, 0.3) is 0 Å². The van der Waals surface area contributed by atoms with E-state index in [0.29, 0.717) is 6.54 Å². The van der Waals surface area contributed by atoms with Gasteiger partial charge in [0.25, 0.3) is 0 Å². The highest BCUT2D eigenvalue weighted by atomic mass is 32.2. The Balaban J connectivity index is 3.05. The fraction of sp³-hybridized carbons (Fsp3) is 0.273. The third-order valence-electron chi connectivity index (χ3n) is 2.13. The van der Waals surface area contributed by atoms with Crippen LogP contribution < -0.4 is 5.73 Å². The maximum atomic E-state index is 12.2. The molecule has 0 aliphatic heterocycles. The summed E-state index contributed by atoms with van der Waals surface area (Å²) in [4.78, 5) is 1.13. The molecule has 17 heavy (non-hydrogen) atoms. The van der Waals surface area contributed by atoms with E-state index < -0.39 is 10.0 Å². The summed E-state index contributed by atoms with van der Waals surface area (Å²) in [7, 11) is -3.47. The van der Waals surface area contributed by atoms with Crippen molar-refractivity contribution in [3.63, 3.8) is 0 Å². The number of rotatable bonds is 7. The largest absolute Gasteiger partial charge is 0.326 e.